The van der Waals surface area contributed by atoms with Crippen LogP contribution in [0, 0.1) is 13.8 Å². The Morgan fingerprint density at radius 1 is 1.17 bits per heavy atom. The van der Waals surface area contributed by atoms with Gasteiger partial charge in [0.2, 0.25) is 0 Å². The number of benzene rings is 1. The summed E-state index contributed by atoms with van der Waals surface area (Å²) >= 11 is 5.72. The van der Waals surface area contributed by atoms with E-state index in [-0.39, 0.29) is 5.91 Å². The lowest BCUT2D eigenvalue weighted by molar-refractivity contribution is 0.102. The molecular weight excluding hydrogens is 250 g/mol. The van der Waals surface area contributed by atoms with Gasteiger partial charge in [-0.2, -0.15) is 0 Å². The minimum Gasteiger partial charge on any atom is -0.306 e. The van der Waals surface area contributed by atoms with Crippen LogP contribution in [0.15, 0.2) is 30.6 Å². The first kappa shape index (κ1) is 12.5. The Kier molecular flexibility index (Phi) is 3.58. The molecule has 0 spiro atoms. The summed E-state index contributed by atoms with van der Waals surface area (Å²) in [6, 6.07) is 7.03. The molecule has 2 rings (SSSR count). The molecular formula is C13H12ClN3O. The van der Waals surface area contributed by atoms with Gasteiger partial charge < -0.3 is 5.32 Å². The highest BCUT2D eigenvalue weighted by atomic mass is 35.5. The van der Waals surface area contributed by atoms with E-state index in [4.69, 9.17) is 11.6 Å². The number of aromatic nitrogens is 2. The maximum atomic E-state index is 12.0. The van der Waals surface area contributed by atoms with Crippen LogP contribution < -0.4 is 5.32 Å². The zero-order valence-electron chi connectivity index (χ0n) is 10.1. The molecule has 0 unspecified atom stereocenters. The second-order valence-electron chi connectivity index (χ2n) is 3.98. The van der Waals surface area contributed by atoms with E-state index >= 15 is 0 Å². The molecule has 0 fully saturated rings. The molecule has 1 aromatic carbocycles. The molecule has 0 saturated heterocycles. The monoisotopic (exact) mass is 261 g/mol. The Morgan fingerprint density at radius 3 is 2.61 bits per heavy atom. The molecule has 0 bridgehead atoms. The summed E-state index contributed by atoms with van der Waals surface area (Å²) in [5, 5.41) is 2.96. The number of hydrogen-bond acceptors (Lipinski definition) is 3. The molecule has 1 heterocycles. The smallest absolute Gasteiger partial charge is 0.256 e. The summed E-state index contributed by atoms with van der Waals surface area (Å²) in [6.45, 7) is 3.97. The number of anilines is 1. The topological polar surface area (TPSA) is 54.9 Å². The van der Waals surface area contributed by atoms with Crippen LogP contribution in [-0.4, -0.2) is 15.9 Å². The van der Waals surface area contributed by atoms with Gasteiger partial charge in [0, 0.05) is 11.6 Å². The molecule has 92 valence electrons. The number of carbonyl (C=O) groups is 1. The van der Waals surface area contributed by atoms with Gasteiger partial charge in [0.05, 0.1) is 0 Å². The Morgan fingerprint density at radius 2 is 1.94 bits per heavy atom. The fourth-order valence-electron chi connectivity index (χ4n) is 1.47. The number of carbonyl (C=O) groups excluding carboxylic acids is 1. The lowest BCUT2D eigenvalue weighted by Gasteiger charge is -2.06. The number of rotatable bonds is 2. The lowest BCUT2D eigenvalue weighted by Crippen LogP contribution is -2.13. The van der Waals surface area contributed by atoms with Crippen molar-refractivity contribution in [2.24, 2.45) is 0 Å². The van der Waals surface area contributed by atoms with Crippen LogP contribution in [0.4, 0.5) is 5.82 Å². The van der Waals surface area contributed by atoms with Crippen molar-refractivity contribution in [3.63, 3.8) is 0 Å². The molecule has 2 aromatic rings. The van der Waals surface area contributed by atoms with Crippen LogP contribution in [0.5, 0.6) is 0 Å². The van der Waals surface area contributed by atoms with Crippen LogP contribution in [0.1, 0.15) is 21.5 Å². The number of nitrogens with zero attached hydrogens (tertiary/aromatic N) is 2. The summed E-state index contributed by atoms with van der Waals surface area (Å²) in [4.78, 5) is 19.6. The van der Waals surface area contributed by atoms with Gasteiger partial charge in [-0.3, -0.25) is 4.79 Å². The number of hydrogen-bond donors (Lipinski definition) is 1. The number of nitrogens with one attached hydrogen (secondary N) is 1. The van der Waals surface area contributed by atoms with E-state index in [0.29, 0.717) is 16.5 Å². The number of halogens is 1. The zero-order chi connectivity index (χ0) is 13.1. The van der Waals surface area contributed by atoms with Gasteiger partial charge in [0.15, 0.2) is 0 Å². The summed E-state index contributed by atoms with van der Waals surface area (Å²) in [7, 11) is 0. The third-order valence-corrected chi connectivity index (χ3v) is 2.85. The van der Waals surface area contributed by atoms with Crippen LogP contribution in [0.2, 0.25) is 5.15 Å². The first-order valence-corrected chi connectivity index (χ1v) is 5.80. The number of amides is 1. The quantitative estimate of drug-likeness (QED) is 0.846. The van der Waals surface area contributed by atoms with Crippen molar-refractivity contribution in [1.82, 2.24) is 9.97 Å². The SMILES string of the molecule is Cc1ccc(C(=O)Nc2cc(Cl)ncn2)cc1C. The average Bonchev–Trinajstić information content (AvgIpc) is 2.32. The van der Waals surface area contributed by atoms with Crippen molar-refractivity contribution in [3.8, 4) is 0 Å². The van der Waals surface area contributed by atoms with Crippen LogP contribution in [0.25, 0.3) is 0 Å². The Labute approximate surface area is 110 Å². The van der Waals surface area contributed by atoms with E-state index in [1.165, 1.54) is 12.4 Å². The van der Waals surface area contributed by atoms with E-state index in [2.05, 4.69) is 15.3 Å². The molecule has 5 heteroatoms. The molecule has 0 aliphatic carbocycles. The molecule has 0 saturated carbocycles. The standard InChI is InChI=1S/C13H12ClN3O/c1-8-3-4-10(5-9(8)2)13(18)17-12-6-11(14)15-7-16-12/h3-7H,1-2H3,(H,15,16,17,18). The fraction of sp³-hybridized carbons (Fsp3) is 0.154. The molecule has 0 atom stereocenters. The molecule has 1 N–H and O–H groups in total. The van der Waals surface area contributed by atoms with Crippen molar-refractivity contribution in [2.45, 2.75) is 13.8 Å². The first-order valence-electron chi connectivity index (χ1n) is 5.42. The third-order valence-electron chi connectivity index (χ3n) is 2.64. The maximum Gasteiger partial charge on any atom is 0.256 e. The minimum absolute atomic E-state index is 0.215. The third kappa shape index (κ3) is 2.84. The van der Waals surface area contributed by atoms with Gasteiger partial charge in [0.25, 0.3) is 5.91 Å². The normalized spacial score (nSPS) is 10.2. The molecule has 1 amide bonds. The van der Waals surface area contributed by atoms with Gasteiger partial charge in [0.1, 0.15) is 17.3 Å². The second kappa shape index (κ2) is 5.14. The van der Waals surface area contributed by atoms with Gasteiger partial charge in [-0.15, -0.1) is 0 Å². The summed E-state index contributed by atoms with van der Waals surface area (Å²) in [5.74, 6) is 0.172. The van der Waals surface area contributed by atoms with Crippen LogP contribution in [-0.2, 0) is 0 Å². The van der Waals surface area contributed by atoms with Gasteiger partial charge in [-0.25, -0.2) is 9.97 Å². The van der Waals surface area contributed by atoms with Gasteiger partial charge in [-0.1, -0.05) is 17.7 Å². The Bertz CT molecular complexity index is 599. The molecule has 4 nitrogen and oxygen atoms in total. The van der Waals surface area contributed by atoms with Crippen molar-refractivity contribution < 1.29 is 4.79 Å². The van der Waals surface area contributed by atoms with Crippen LogP contribution >= 0.6 is 11.6 Å². The zero-order valence-corrected chi connectivity index (χ0v) is 10.8. The Balaban J connectivity index is 2.19. The van der Waals surface area contributed by atoms with Gasteiger partial charge >= 0.3 is 0 Å². The van der Waals surface area contributed by atoms with E-state index in [0.717, 1.165) is 11.1 Å². The van der Waals surface area contributed by atoms with Crippen molar-refractivity contribution in [3.05, 3.63) is 52.4 Å². The first-order chi connectivity index (χ1) is 8.56. The van der Waals surface area contributed by atoms with Crippen molar-refractivity contribution in [2.75, 3.05) is 5.32 Å². The minimum atomic E-state index is -0.215. The van der Waals surface area contributed by atoms with E-state index in [1.807, 2.05) is 26.0 Å². The van der Waals surface area contributed by atoms with E-state index in [1.54, 1.807) is 6.07 Å². The highest BCUT2D eigenvalue weighted by molar-refractivity contribution is 6.29. The molecule has 1 aromatic heterocycles. The fourth-order valence-corrected chi connectivity index (χ4v) is 1.62. The highest BCUT2D eigenvalue weighted by Gasteiger charge is 2.08. The Hall–Kier alpha value is -1.94. The molecule has 18 heavy (non-hydrogen) atoms. The van der Waals surface area contributed by atoms with E-state index < -0.39 is 0 Å². The second-order valence-corrected chi connectivity index (χ2v) is 4.37. The lowest BCUT2D eigenvalue weighted by atomic mass is 10.1. The predicted octanol–water partition coefficient (Wildman–Crippen LogP) is 3.00. The summed E-state index contributed by atoms with van der Waals surface area (Å²) in [5.41, 5.74) is 2.81. The predicted molar refractivity (Wildman–Crippen MR) is 70.9 cm³/mol. The molecule has 0 radical (unpaired) electrons. The summed E-state index contributed by atoms with van der Waals surface area (Å²) in [6.07, 6.45) is 1.30. The molecule has 0 aliphatic heterocycles. The maximum absolute atomic E-state index is 12.0. The van der Waals surface area contributed by atoms with E-state index in [9.17, 15) is 4.79 Å². The average molecular weight is 262 g/mol. The van der Waals surface area contributed by atoms with Gasteiger partial charge in [-0.05, 0) is 37.1 Å². The van der Waals surface area contributed by atoms with Crippen molar-refractivity contribution >= 4 is 23.3 Å². The molecule has 0 aliphatic rings. The number of aryl methyl sites for hydroxylation is 2. The summed E-state index contributed by atoms with van der Waals surface area (Å²) < 4.78 is 0. The largest absolute Gasteiger partial charge is 0.306 e. The highest BCUT2D eigenvalue weighted by Crippen LogP contribution is 2.13. The van der Waals surface area contributed by atoms with Crippen molar-refractivity contribution in [1.29, 1.82) is 0 Å². The van der Waals surface area contributed by atoms with Crippen LogP contribution in [0.3, 0.4) is 0 Å².